The van der Waals surface area contributed by atoms with Gasteiger partial charge in [0.15, 0.2) is 0 Å². The molecule has 1 N–H and O–H groups in total. The van der Waals surface area contributed by atoms with E-state index >= 15 is 0 Å². The van der Waals surface area contributed by atoms with Gasteiger partial charge >= 0.3 is 0 Å². The van der Waals surface area contributed by atoms with Gasteiger partial charge < -0.3 is 10.2 Å². The standard InChI is InChI=1S/C16H24N4O/c1-2-17-15(21)13-8-10-20(11-13)16-18-9-7-14(19-16)12-5-3-4-6-12/h7,9,12-13H,2-6,8,10-11H2,1H3,(H,17,21)/t13-/m0/s1. The first kappa shape index (κ1) is 14.3. The third-order valence-corrected chi connectivity index (χ3v) is 4.63. The molecule has 1 aromatic heterocycles. The van der Waals surface area contributed by atoms with Gasteiger partial charge in [0.2, 0.25) is 11.9 Å². The van der Waals surface area contributed by atoms with Crippen LogP contribution in [0.4, 0.5) is 5.95 Å². The van der Waals surface area contributed by atoms with Crippen molar-refractivity contribution in [3.05, 3.63) is 18.0 Å². The van der Waals surface area contributed by atoms with Crippen LogP contribution in [-0.2, 0) is 4.79 Å². The van der Waals surface area contributed by atoms with Crippen LogP contribution in [0.1, 0.15) is 50.6 Å². The summed E-state index contributed by atoms with van der Waals surface area (Å²) < 4.78 is 0. The number of rotatable bonds is 4. The highest BCUT2D eigenvalue weighted by Gasteiger charge is 2.29. The van der Waals surface area contributed by atoms with Gasteiger partial charge in [-0.25, -0.2) is 9.97 Å². The molecule has 1 aliphatic heterocycles. The molecule has 0 radical (unpaired) electrons. The third kappa shape index (κ3) is 3.17. The maximum absolute atomic E-state index is 11.9. The molecular weight excluding hydrogens is 264 g/mol. The number of nitrogens with zero attached hydrogens (tertiary/aromatic N) is 3. The molecule has 1 saturated heterocycles. The van der Waals surface area contributed by atoms with Crippen LogP contribution in [0.2, 0.25) is 0 Å². The summed E-state index contributed by atoms with van der Waals surface area (Å²) in [5, 5.41) is 2.91. The zero-order chi connectivity index (χ0) is 14.7. The number of amides is 1. The Labute approximate surface area is 126 Å². The summed E-state index contributed by atoms with van der Waals surface area (Å²) in [6, 6.07) is 2.05. The number of nitrogens with one attached hydrogen (secondary N) is 1. The monoisotopic (exact) mass is 288 g/mol. The van der Waals surface area contributed by atoms with Crippen LogP contribution in [-0.4, -0.2) is 35.5 Å². The molecule has 0 unspecified atom stereocenters. The van der Waals surface area contributed by atoms with Gasteiger partial charge in [-0.1, -0.05) is 12.8 Å². The van der Waals surface area contributed by atoms with E-state index in [0.29, 0.717) is 12.5 Å². The minimum atomic E-state index is 0.0729. The van der Waals surface area contributed by atoms with E-state index in [1.54, 1.807) is 0 Å². The minimum absolute atomic E-state index is 0.0729. The molecule has 21 heavy (non-hydrogen) atoms. The number of carbonyl (C=O) groups is 1. The molecule has 2 aliphatic rings. The average molecular weight is 288 g/mol. The van der Waals surface area contributed by atoms with Crippen molar-refractivity contribution in [1.29, 1.82) is 0 Å². The van der Waals surface area contributed by atoms with Gasteiger partial charge in [0.05, 0.1) is 5.92 Å². The lowest BCUT2D eigenvalue weighted by Gasteiger charge is -2.18. The maximum Gasteiger partial charge on any atom is 0.225 e. The molecule has 0 aromatic carbocycles. The lowest BCUT2D eigenvalue weighted by molar-refractivity contribution is -0.124. The Morgan fingerprint density at radius 3 is 2.95 bits per heavy atom. The van der Waals surface area contributed by atoms with E-state index in [4.69, 9.17) is 4.98 Å². The van der Waals surface area contributed by atoms with Gasteiger partial charge in [0.25, 0.3) is 0 Å². The Kier molecular flexibility index (Phi) is 4.36. The van der Waals surface area contributed by atoms with Crippen LogP contribution in [0.15, 0.2) is 12.3 Å². The fraction of sp³-hybridized carbons (Fsp3) is 0.688. The fourth-order valence-electron chi connectivity index (χ4n) is 3.44. The van der Waals surface area contributed by atoms with E-state index in [1.165, 1.54) is 31.4 Å². The highest BCUT2D eigenvalue weighted by atomic mass is 16.1. The summed E-state index contributed by atoms with van der Waals surface area (Å²) in [6.45, 7) is 4.26. The Bertz CT molecular complexity index is 499. The van der Waals surface area contributed by atoms with Crippen LogP contribution >= 0.6 is 0 Å². The Morgan fingerprint density at radius 1 is 1.38 bits per heavy atom. The molecule has 1 aliphatic carbocycles. The number of aromatic nitrogens is 2. The van der Waals surface area contributed by atoms with E-state index < -0.39 is 0 Å². The third-order valence-electron chi connectivity index (χ3n) is 4.63. The lowest BCUT2D eigenvalue weighted by Crippen LogP contribution is -2.32. The largest absolute Gasteiger partial charge is 0.356 e. The fourth-order valence-corrected chi connectivity index (χ4v) is 3.44. The molecule has 2 heterocycles. The van der Waals surface area contributed by atoms with Gasteiger partial charge in [-0.05, 0) is 32.3 Å². The summed E-state index contributed by atoms with van der Waals surface area (Å²) in [6.07, 6.45) is 7.88. The zero-order valence-corrected chi connectivity index (χ0v) is 12.7. The van der Waals surface area contributed by atoms with Crippen molar-refractivity contribution >= 4 is 11.9 Å². The molecule has 114 valence electrons. The summed E-state index contributed by atoms with van der Waals surface area (Å²) in [7, 11) is 0. The number of anilines is 1. The molecule has 0 spiro atoms. The smallest absolute Gasteiger partial charge is 0.225 e. The van der Waals surface area contributed by atoms with E-state index in [2.05, 4.69) is 21.3 Å². The highest BCUT2D eigenvalue weighted by molar-refractivity contribution is 5.79. The summed E-state index contributed by atoms with van der Waals surface area (Å²) in [5.74, 6) is 1.63. The average Bonchev–Trinajstić information content (AvgIpc) is 3.19. The molecule has 1 amide bonds. The Balaban J connectivity index is 1.67. The number of hydrogen-bond donors (Lipinski definition) is 1. The zero-order valence-electron chi connectivity index (χ0n) is 12.7. The second kappa shape index (κ2) is 6.41. The number of carbonyl (C=O) groups excluding carboxylic acids is 1. The van der Waals surface area contributed by atoms with E-state index in [9.17, 15) is 4.79 Å². The summed E-state index contributed by atoms with van der Waals surface area (Å²) in [5.41, 5.74) is 1.18. The first-order chi connectivity index (χ1) is 10.3. The maximum atomic E-state index is 11.9. The first-order valence-electron chi connectivity index (χ1n) is 8.13. The van der Waals surface area contributed by atoms with E-state index in [-0.39, 0.29) is 11.8 Å². The van der Waals surface area contributed by atoms with Crippen LogP contribution < -0.4 is 10.2 Å². The molecule has 1 atom stereocenters. The normalized spacial score (nSPS) is 22.7. The van der Waals surface area contributed by atoms with Crippen LogP contribution in [0, 0.1) is 5.92 Å². The summed E-state index contributed by atoms with van der Waals surface area (Å²) in [4.78, 5) is 23.2. The first-order valence-corrected chi connectivity index (χ1v) is 8.13. The molecule has 5 heteroatoms. The van der Waals surface area contributed by atoms with Crippen LogP contribution in [0.3, 0.4) is 0 Å². The molecule has 5 nitrogen and oxygen atoms in total. The molecular formula is C16H24N4O. The van der Waals surface area contributed by atoms with Crippen molar-refractivity contribution in [3.63, 3.8) is 0 Å². The quantitative estimate of drug-likeness (QED) is 0.921. The Morgan fingerprint density at radius 2 is 2.19 bits per heavy atom. The van der Waals surface area contributed by atoms with E-state index in [1.807, 2.05) is 13.1 Å². The molecule has 0 bridgehead atoms. The van der Waals surface area contributed by atoms with Crippen molar-refractivity contribution in [2.45, 2.75) is 44.9 Å². The van der Waals surface area contributed by atoms with Gasteiger partial charge in [-0.15, -0.1) is 0 Å². The van der Waals surface area contributed by atoms with Crippen molar-refractivity contribution in [3.8, 4) is 0 Å². The van der Waals surface area contributed by atoms with Crippen molar-refractivity contribution < 1.29 is 4.79 Å². The molecule has 1 saturated carbocycles. The van der Waals surface area contributed by atoms with Gasteiger partial charge in [-0.2, -0.15) is 0 Å². The van der Waals surface area contributed by atoms with Crippen molar-refractivity contribution in [2.24, 2.45) is 5.92 Å². The van der Waals surface area contributed by atoms with Gasteiger partial charge in [0.1, 0.15) is 0 Å². The second-order valence-electron chi connectivity index (χ2n) is 6.09. The lowest BCUT2D eigenvalue weighted by atomic mass is 10.0. The number of hydrogen-bond acceptors (Lipinski definition) is 4. The SMILES string of the molecule is CCNC(=O)[C@H]1CCN(c2nccc(C3CCCC3)n2)C1. The Hall–Kier alpha value is -1.65. The van der Waals surface area contributed by atoms with Crippen LogP contribution in [0.25, 0.3) is 0 Å². The van der Waals surface area contributed by atoms with Crippen molar-refractivity contribution in [1.82, 2.24) is 15.3 Å². The summed E-state index contributed by atoms with van der Waals surface area (Å²) >= 11 is 0. The van der Waals surface area contributed by atoms with Crippen LogP contribution in [0.5, 0.6) is 0 Å². The molecule has 2 fully saturated rings. The predicted octanol–water partition coefficient (Wildman–Crippen LogP) is 2.10. The van der Waals surface area contributed by atoms with Gasteiger partial charge in [0, 0.05) is 37.4 Å². The topological polar surface area (TPSA) is 58.1 Å². The molecule has 1 aromatic rings. The molecule has 3 rings (SSSR count). The predicted molar refractivity (Wildman–Crippen MR) is 82.2 cm³/mol. The van der Waals surface area contributed by atoms with Crippen molar-refractivity contribution in [2.75, 3.05) is 24.5 Å². The second-order valence-corrected chi connectivity index (χ2v) is 6.09. The van der Waals surface area contributed by atoms with Gasteiger partial charge in [-0.3, -0.25) is 4.79 Å². The minimum Gasteiger partial charge on any atom is -0.356 e. The highest BCUT2D eigenvalue weighted by Crippen LogP contribution is 2.33. The van der Waals surface area contributed by atoms with E-state index in [0.717, 1.165) is 25.5 Å².